The molecule has 74 valence electrons. The molecule has 1 fully saturated rings. The van der Waals surface area contributed by atoms with E-state index in [9.17, 15) is 9.59 Å². The van der Waals surface area contributed by atoms with E-state index in [1.165, 1.54) is 0 Å². The van der Waals surface area contributed by atoms with E-state index in [0.717, 1.165) is 12.8 Å². The second-order valence-corrected chi connectivity index (χ2v) is 3.66. The lowest BCUT2D eigenvalue weighted by molar-refractivity contribution is -0.139. The molecule has 0 aromatic carbocycles. The molecule has 0 aromatic heterocycles. The molecule has 1 atom stereocenters. The molecule has 4 nitrogen and oxygen atoms in total. The summed E-state index contributed by atoms with van der Waals surface area (Å²) in [5.74, 6) is -0.333. The van der Waals surface area contributed by atoms with Gasteiger partial charge in [-0.15, -0.1) is 0 Å². The van der Waals surface area contributed by atoms with Crippen LogP contribution in [0.4, 0.5) is 0 Å². The van der Waals surface area contributed by atoms with Crippen LogP contribution in [0.1, 0.15) is 32.1 Å². The Hall–Kier alpha value is -0.900. The number of carboxylic acids is 1. The van der Waals surface area contributed by atoms with Gasteiger partial charge in [-0.25, -0.2) is 0 Å². The summed E-state index contributed by atoms with van der Waals surface area (Å²) in [6, 6.07) is -0.766. The molecule has 1 aliphatic rings. The fourth-order valence-corrected chi connectivity index (χ4v) is 1.70. The van der Waals surface area contributed by atoms with Gasteiger partial charge in [0.25, 0.3) is 0 Å². The van der Waals surface area contributed by atoms with Gasteiger partial charge in [-0.2, -0.15) is 0 Å². The molecule has 0 bridgehead atoms. The highest BCUT2D eigenvalue weighted by molar-refractivity contribution is 5.79. The fourth-order valence-electron chi connectivity index (χ4n) is 1.70. The summed E-state index contributed by atoms with van der Waals surface area (Å²) < 4.78 is 0. The number of nitrogens with two attached hydrogens (primary N) is 1. The van der Waals surface area contributed by atoms with E-state index < -0.39 is 12.0 Å². The second-order valence-electron chi connectivity index (χ2n) is 3.66. The number of rotatable bonds is 3. The molecule has 1 unspecified atom stereocenters. The Morgan fingerprint density at radius 2 is 2.08 bits per heavy atom. The van der Waals surface area contributed by atoms with Crippen LogP contribution in [0.25, 0.3) is 0 Å². The van der Waals surface area contributed by atoms with E-state index in [1.54, 1.807) is 0 Å². The zero-order valence-corrected chi connectivity index (χ0v) is 7.53. The first-order chi connectivity index (χ1) is 6.09. The van der Waals surface area contributed by atoms with Gasteiger partial charge in [0.15, 0.2) is 0 Å². The van der Waals surface area contributed by atoms with E-state index in [1.807, 2.05) is 0 Å². The standard InChI is InChI=1S/C9H15NO3/c10-8(9(12)13)5-6-1-3-7(11)4-2-6/h6,8H,1-5,10H2,(H,12,13). The van der Waals surface area contributed by atoms with E-state index in [2.05, 4.69) is 0 Å². The lowest BCUT2D eigenvalue weighted by Gasteiger charge is -2.22. The Kier molecular flexibility index (Phi) is 3.42. The van der Waals surface area contributed by atoms with Gasteiger partial charge in [0.2, 0.25) is 0 Å². The smallest absolute Gasteiger partial charge is 0.320 e. The van der Waals surface area contributed by atoms with Crippen molar-refractivity contribution >= 4 is 11.8 Å². The Labute approximate surface area is 77.1 Å². The van der Waals surface area contributed by atoms with Crippen molar-refractivity contribution in [2.24, 2.45) is 11.7 Å². The SMILES string of the molecule is NC(CC1CCC(=O)CC1)C(=O)O. The van der Waals surface area contributed by atoms with Crippen molar-refractivity contribution in [3.8, 4) is 0 Å². The van der Waals surface area contributed by atoms with E-state index in [-0.39, 0.29) is 0 Å². The van der Waals surface area contributed by atoms with E-state index in [4.69, 9.17) is 10.8 Å². The molecular formula is C9H15NO3. The maximum atomic E-state index is 10.9. The third kappa shape index (κ3) is 3.14. The zero-order chi connectivity index (χ0) is 9.84. The number of hydrogen-bond acceptors (Lipinski definition) is 3. The van der Waals surface area contributed by atoms with Gasteiger partial charge in [0, 0.05) is 12.8 Å². The molecule has 3 N–H and O–H groups in total. The predicted octanol–water partition coefficient (Wildman–Crippen LogP) is 0.548. The molecule has 0 saturated heterocycles. The first-order valence-corrected chi connectivity index (χ1v) is 4.59. The summed E-state index contributed by atoms with van der Waals surface area (Å²) in [5.41, 5.74) is 5.40. The van der Waals surface area contributed by atoms with Gasteiger partial charge in [0.05, 0.1) is 0 Å². The molecule has 0 radical (unpaired) electrons. The van der Waals surface area contributed by atoms with Crippen molar-refractivity contribution in [3.63, 3.8) is 0 Å². The maximum Gasteiger partial charge on any atom is 0.320 e. The molecule has 0 aliphatic heterocycles. The lowest BCUT2D eigenvalue weighted by atomic mass is 9.84. The third-order valence-corrected chi connectivity index (χ3v) is 2.57. The number of carbonyl (C=O) groups excluding carboxylic acids is 1. The second kappa shape index (κ2) is 4.37. The molecule has 0 spiro atoms. The van der Waals surface area contributed by atoms with Crippen LogP contribution in [0.3, 0.4) is 0 Å². The molecule has 0 aromatic rings. The zero-order valence-electron chi connectivity index (χ0n) is 7.53. The van der Waals surface area contributed by atoms with Crippen LogP contribution in [0.15, 0.2) is 0 Å². The molecule has 0 amide bonds. The van der Waals surface area contributed by atoms with Crippen LogP contribution in [-0.2, 0) is 9.59 Å². The van der Waals surface area contributed by atoms with Gasteiger partial charge in [-0.05, 0) is 25.2 Å². The minimum atomic E-state index is -0.947. The van der Waals surface area contributed by atoms with Crippen LogP contribution in [0.2, 0.25) is 0 Å². The summed E-state index contributed by atoms with van der Waals surface area (Å²) in [5, 5.41) is 8.57. The molecular weight excluding hydrogens is 170 g/mol. The monoisotopic (exact) mass is 185 g/mol. The highest BCUT2D eigenvalue weighted by Gasteiger charge is 2.23. The van der Waals surface area contributed by atoms with Crippen molar-refractivity contribution < 1.29 is 14.7 Å². The number of ketones is 1. The van der Waals surface area contributed by atoms with Crippen LogP contribution >= 0.6 is 0 Å². The maximum absolute atomic E-state index is 10.9. The van der Waals surface area contributed by atoms with Crippen molar-refractivity contribution in [1.82, 2.24) is 0 Å². The van der Waals surface area contributed by atoms with Gasteiger partial charge in [-0.3, -0.25) is 9.59 Å². The molecule has 13 heavy (non-hydrogen) atoms. The summed E-state index contributed by atoms with van der Waals surface area (Å²) in [4.78, 5) is 21.3. The number of hydrogen-bond donors (Lipinski definition) is 2. The predicted molar refractivity (Wildman–Crippen MR) is 47.2 cm³/mol. The normalized spacial score (nSPS) is 21.5. The largest absolute Gasteiger partial charge is 0.480 e. The first-order valence-electron chi connectivity index (χ1n) is 4.59. The average Bonchev–Trinajstić information content (AvgIpc) is 2.08. The number of carbonyl (C=O) groups is 2. The molecule has 0 heterocycles. The van der Waals surface area contributed by atoms with Gasteiger partial charge in [0.1, 0.15) is 11.8 Å². The average molecular weight is 185 g/mol. The van der Waals surface area contributed by atoms with E-state index >= 15 is 0 Å². The Morgan fingerprint density at radius 3 is 2.54 bits per heavy atom. The quantitative estimate of drug-likeness (QED) is 0.672. The van der Waals surface area contributed by atoms with Crippen LogP contribution in [-0.4, -0.2) is 22.9 Å². The van der Waals surface area contributed by atoms with Gasteiger partial charge < -0.3 is 10.8 Å². The van der Waals surface area contributed by atoms with Crippen molar-refractivity contribution in [2.75, 3.05) is 0 Å². The summed E-state index contributed by atoms with van der Waals surface area (Å²) >= 11 is 0. The number of Topliss-reactive ketones (excluding diaryl/α,β-unsaturated/α-hetero) is 1. The summed E-state index contributed by atoms with van der Waals surface area (Å²) in [6.07, 6.45) is 3.30. The highest BCUT2D eigenvalue weighted by atomic mass is 16.4. The number of aliphatic carboxylic acids is 1. The van der Waals surface area contributed by atoms with Gasteiger partial charge >= 0.3 is 5.97 Å². The Morgan fingerprint density at radius 1 is 1.54 bits per heavy atom. The van der Waals surface area contributed by atoms with Crippen LogP contribution in [0, 0.1) is 5.92 Å². The Bertz CT molecular complexity index is 205. The molecule has 1 aliphatic carbocycles. The topological polar surface area (TPSA) is 80.4 Å². The molecule has 4 heteroatoms. The van der Waals surface area contributed by atoms with Crippen molar-refractivity contribution in [2.45, 2.75) is 38.1 Å². The first kappa shape index (κ1) is 10.2. The highest BCUT2D eigenvalue weighted by Crippen LogP contribution is 2.25. The van der Waals surface area contributed by atoms with E-state index in [0.29, 0.717) is 31.0 Å². The van der Waals surface area contributed by atoms with Crippen LogP contribution < -0.4 is 5.73 Å². The van der Waals surface area contributed by atoms with Gasteiger partial charge in [-0.1, -0.05) is 0 Å². The summed E-state index contributed by atoms with van der Waals surface area (Å²) in [6.45, 7) is 0. The van der Waals surface area contributed by atoms with Crippen molar-refractivity contribution in [1.29, 1.82) is 0 Å². The number of carboxylic acid groups (broad SMARTS) is 1. The molecule has 1 rings (SSSR count). The van der Waals surface area contributed by atoms with Crippen molar-refractivity contribution in [3.05, 3.63) is 0 Å². The third-order valence-electron chi connectivity index (χ3n) is 2.57. The summed E-state index contributed by atoms with van der Waals surface area (Å²) in [7, 11) is 0. The Balaban J connectivity index is 2.30. The minimum Gasteiger partial charge on any atom is -0.480 e. The minimum absolute atomic E-state index is 0.292. The fraction of sp³-hybridized carbons (Fsp3) is 0.778. The van der Waals surface area contributed by atoms with Crippen LogP contribution in [0.5, 0.6) is 0 Å². The lowest BCUT2D eigenvalue weighted by Crippen LogP contribution is -2.33. The molecule has 1 saturated carbocycles.